The van der Waals surface area contributed by atoms with Crippen LogP contribution in [0.3, 0.4) is 0 Å². The molecule has 4 nitrogen and oxygen atoms in total. The predicted molar refractivity (Wildman–Crippen MR) is 79.5 cm³/mol. The van der Waals surface area contributed by atoms with Crippen LogP contribution in [0.25, 0.3) is 11.3 Å². The van der Waals surface area contributed by atoms with Gasteiger partial charge in [0.2, 0.25) is 0 Å². The first-order chi connectivity index (χ1) is 9.09. The summed E-state index contributed by atoms with van der Waals surface area (Å²) in [5, 5.41) is 0.721. The molecule has 0 aliphatic rings. The molecule has 0 fully saturated rings. The summed E-state index contributed by atoms with van der Waals surface area (Å²) in [4.78, 5) is 13.9. The highest BCUT2D eigenvalue weighted by atomic mass is 35.5. The zero-order valence-electron chi connectivity index (χ0n) is 9.85. The van der Waals surface area contributed by atoms with E-state index in [1.807, 2.05) is 0 Å². The van der Waals surface area contributed by atoms with Crippen molar-refractivity contribution in [2.45, 2.75) is 6.92 Å². The van der Waals surface area contributed by atoms with Crippen molar-refractivity contribution in [3.05, 3.63) is 40.8 Å². The Morgan fingerprint density at radius 1 is 1.32 bits per heavy atom. The second kappa shape index (κ2) is 6.14. The Labute approximate surface area is 125 Å². The molecular weight excluding hydrogens is 305 g/mol. The Morgan fingerprint density at radius 2 is 2.11 bits per heavy atom. The van der Waals surface area contributed by atoms with Crippen LogP contribution >= 0.6 is 35.4 Å². The Kier molecular flexibility index (Phi) is 4.52. The van der Waals surface area contributed by atoms with Gasteiger partial charge in [-0.1, -0.05) is 35.4 Å². The van der Waals surface area contributed by atoms with E-state index in [1.54, 1.807) is 37.6 Å². The van der Waals surface area contributed by atoms with Crippen molar-refractivity contribution < 1.29 is 4.84 Å². The van der Waals surface area contributed by atoms with Crippen LogP contribution in [0.15, 0.2) is 30.7 Å². The van der Waals surface area contributed by atoms with Crippen molar-refractivity contribution in [1.82, 2.24) is 15.4 Å². The number of thiocarbonyl (C=S) groups is 1. The second-order valence-corrected chi connectivity index (χ2v) is 4.99. The van der Waals surface area contributed by atoms with Crippen molar-refractivity contribution in [2.24, 2.45) is 0 Å². The molecule has 1 N–H and O–H groups in total. The number of rotatable bonds is 3. The van der Waals surface area contributed by atoms with Gasteiger partial charge in [0.25, 0.3) is 0 Å². The van der Waals surface area contributed by atoms with Crippen LogP contribution in [-0.2, 0) is 0 Å². The van der Waals surface area contributed by atoms with E-state index in [4.69, 9.17) is 40.3 Å². The summed E-state index contributed by atoms with van der Waals surface area (Å²) in [5.41, 5.74) is 3.86. The van der Waals surface area contributed by atoms with E-state index < -0.39 is 0 Å². The maximum absolute atomic E-state index is 6.27. The topological polar surface area (TPSA) is 47.0 Å². The smallest absolute Gasteiger partial charge is 0.192 e. The molecule has 7 heteroatoms. The molecule has 2 aromatic rings. The minimum atomic E-state index is 0.302. The Bertz CT molecular complexity index is 607. The van der Waals surface area contributed by atoms with Gasteiger partial charge in [-0.3, -0.25) is 9.97 Å². The molecule has 0 spiro atoms. The highest BCUT2D eigenvalue weighted by molar-refractivity contribution is 7.80. The van der Waals surface area contributed by atoms with E-state index in [1.165, 1.54) is 0 Å². The van der Waals surface area contributed by atoms with Crippen molar-refractivity contribution in [3.63, 3.8) is 0 Å². The lowest BCUT2D eigenvalue weighted by Gasteiger charge is -2.12. The molecular formula is C12H9Cl2N3OS. The molecule has 0 aliphatic heterocycles. The molecule has 0 amide bonds. The fourth-order valence-corrected chi connectivity index (χ4v) is 1.97. The molecule has 2 rings (SSSR count). The van der Waals surface area contributed by atoms with E-state index in [-0.39, 0.29) is 0 Å². The number of nitrogens with zero attached hydrogens (tertiary/aromatic N) is 2. The highest BCUT2D eigenvalue weighted by Crippen LogP contribution is 2.39. The van der Waals surface area contributed by atoms with Gasteiger partial charge in [-0.2, -0.15) is 0 Å². The van der Waals surface area contributed by atoms with Crippen LogP contribution in [0.4, 0.5) is 0 Å². The molecule has 1 heterocycles. The molecule has 1 aromatic carbocycles. The first-order valence-electron chi connectivity index (χ1n) is 5.27. The van der Waals surface area contributed by atoms with Crippen LogP contribution in [0.2, 0.25) is 10.0 Å². The fourth-order valence-electron chi connectivity index (χ4n) is 1.38. The number of halogens is 2. The molecule has 0 saturated heterocycles. The average Bonchev–Trinajstić information content (AvgIpc) is 2.39. The van der Waals surface area contributed by atoms with E-state index in [0.717, 1.165) is 0 Å². The quantitative estimate of drug-likeness (QED) is 0.692. The number of aromatic nitrogens is 2. The number of hydrogen-bond donors (Lipinski definition) is 1. The number of nitrogens with one attached hydrogen (secondary N) is 1. The van der Waals surface area contributed by atoms with Crippen molar-refractivity contribution >= 4 is 40.4 Å². The average molecular weight is 314 g/mol. The molecule has 98 valence electrons. The van der Waals surface area contributed by atoms with Crippen molar-refractivity contribution in [2.75, 3.05) is 0 Å². The number of hydroxylamine groups is 1. The fraction of sp³-hybridized carbons (Fsp3) is 0.0833. The van der Waals surface area contributed by atoms with Crippen molar-refractivity contribution in [3.8, 4) is 17.0 Å². The summed E-state index contributed by atoms with van der Waals surface area (Å²) in [7, 11) is 0. The Balaban J connectivity index is 2.42. The van der Waals surface area contributed by atoms with E-state index in [0.29, 0.717) is 32.0 Å². The summed E-state index contributed by atoms with van der Waals surface area (Å²) in [5.74, 6) is 0.302. The monoisotopic (exact) mass is 313 g/mol. The van der Waals surface area contributed by atoms with Crippen LogP contribution < -0.4 is 10.3 Å². The zero-order valence-corrected chi connectivity index (χ0v) is 12.2. The third kappa shape index (κ3) is 3.32. The molecule has 19 heavy (non-hydrogen) atoms. The van der Waals surface area contributed by atoms with Gasteiger partial charge in [-0.05, 0) is 19.1 Å². The summed E-state index contributed by atoms with van der Waals surface area (Å²) in [6.07, 6.45) is 4.78. The van der Waals surface area contributed by atoms with E-state index >= 15 is 0 Å². The molecule has 0 saturated carbocycles. The molecule has 0 unspecified atom stereocenters. The van der Waals surface area contributed by atoms with Gasteiger partial charge in [0.15, 0.2) is 5.75 Å². The Hall–Kier alpha value is -1.43. The molecule has 0 bridgehead atoms. The van der Waals surface area contributed by atoms with E-state index in [9.17, 15) is 0 Å². The van der Waals surface area contributed by atoms with Gasteiger partial charge in [-0.15, -0.1) is 0 Å². The minimum Gasteiger partial charge on any atom is -0.378 e. The third-order valence-electron chi connectivity index (χ3n) is 2.19. The summed E-state index contributed by atoms with van der Waals surface area (Å²) < 4.78 is 0. The first kappa shape index (κ1) is 14.0. The third-order valence-corrected chi connectivity index (χ3v) is 2.94. The van der Waals surface area contributed by atoms with Gasteiger partial charge in [0.05, 0.1) is 21.9 Å². The van der Waals surface area contributed by atoms with Gasteiger partial charge in [0, 0.05) is 18.0 Å². The highest BCUT2D eigenvalue weighted by Gasteiger charge is 2.15. The van der Waals surface area contributed by atoms with E-state index in [2.05, 4.69) is 15.4 Å². The summed E-state index contributed by atoms with van der Waals surface area (Å²) >= 11 is 17.2. The normalized spacial score (nSPS) is 10.1. The van der Waals surface area contributed by atoms with Crippen LogP contribution in [-0.4, -0.2) is 15.0 Å². The number of hydrogen-bond acceptors (Lipinski definition) is 4. The lowest BCUT2D eigenvalue weighted by Crippen LogP contribution is -2.22. The van der Waals surface area contributed by atoms with Crippen LogP contribution in [0, 0.1) is 0 Å². The lowest BCUT2D eigenvalue weighted by molar-refractivity contribution is 0.265. The van der Waals surface area contributed by atoms with Gasteiger partial charge >= 0.3 is 0 Å². The second-order valence-electron chi connectivity index (χ2n) is 3.59. The molecule has 1 aromatic heterocycles. The number of benzene rings is 1. The maximum atomic E-state index is 6.27. The largest absolute Gasteiger partial charge is 0.378 e. The molecule has 0 aliphatic carbocycles. The van der Waals surface area contributed by atoms with Crippen LogP contribution in [0.1, 0.15) is 6.92 Å². The van der Waals surface area contributed by atoms with Crippen molar-refractivity contribution in [1.29, 1.82) is 0 Å². The summed E-state index contributed by atoms with van der Waals surface area (Å²) in [6, 6.07) is 3.43. The van der Waals surface area contributed by atoms with Crippen LogP contribution in [0.5, 0.6) is 5.75 Å². The molecule has 0 radical (unpaired) electrons. The zero-order chi connectivity index (χ0) is 13.8. The van der Waals surface area contributed by atoms with Gasteiger partial charge < -0.3 is 4.84 Å². The maximum Gasteiger partial charge on any atom is 0.192 e. The minimum absolute atomic E-state index is 0.302. The van der Waals surface area contributed by atoms with Gasteiger partial charge in [-0.25, -0.2) is 5.48 Å². The SMILES string of the molecule is CC(=S)NOc1c(Cl)ccc(-c2cnccn2)c1Cl. The lowest BCUT2D eigenvalue weighted by atomic mass is 10.1. The standard InChI is InChI=1S/C12H9Cl2N3OS/c1-7(19)17-18-12-9(13)3-2-8(11(12)14)10-6-15-4-5-16-10/h2-6H,1H3,(H,17,19). The Morgan fingerprint density at radius 3 is 2.74 bits per heavy atom. The molecule has 0 atom stereocenters. The first-order valence-corrected chi connectivity index (χ1v) is 6.44. The predicted octanol–water partition coefficient (Wildman–Crippen LogP) is 3.68. The summed E-state index contributed by atoms with van der Waals surface area (Å²) in [6.45, 7) is 1.68. The van der Waals surface area contributed by atoms with Gasteiger partial charge in [0.1, 0.15) is 4.99 Å².